The third-order valence-corrected chi connectivity index (χ3v) is 4.57. The summed E-state index contributed by atoms with van der Waals surface area (Å²) in [6, 6.07) is 9.82. The molecule has 3 heterocycles. The first-order chi connectivity index (χ1) is 16.0. The minimum atomic E-state index is -0.761. The Morgan fingerprint density at radius 3 is 2.85 bits per heavy atom. The molecule has 0 spiro atoms. The van der Waals surface area contributed by atoms with Crippen molar-refractivity contribution >= 4 is 11.8 Å². The summed E-state index contributed by atoms with van der Waals surface area (Å²) in [4.78, 5) is 27.5. The number of hydrogen-bond donors (Lipinski definition) is 3. The molecule has 12 nitrogen and oxygen atoms in total. The molecule has 33 heavy (non-hydrogen) atoms. The van der Waals surface area contributed by atoms with Gasteiger partial charge in [-0.05, 0) is 29.8 Å². The van der Waals surface area contributed by atoms with Gasteiger partial charge in [-0.15, -0.1) is 5.10 Å². The van der Waals surface area contributed by atoms with Crippen molar-refractivity contribution in [2.24, 2.45) is 5.73 Å². The van der Waals surface area contributed by atoms with Gasteiger partial charge in [0, 0.05) is 0 Å². The zero-order valence-electron chi connectivity index (χ0n) is 17.3. The number of hydrogen-bond acceptors (Lipinski definition) is 9. The van der Waals surface area contributed by atoms with Gasteiger partial charge in [-0.3, -0.25) is 9.59 Å². The van der Waals surface area contributed by atoms with Crippen LogP contribution in [0.3, 0.4) is 0 Å². The van der Waals surface area contributed by atoms with Crippen molar-refractivity contribution in [3.63, 3.8) is 0 Å². The van der Waals surface area contributed by atoms with Crippen LogP contribution in [-0.2, 0) is 26.3 Å². The molecule has 3 aromatic heterocycles. The number of aliphatic hydroxyl groups is 1. The monoisotopic (exact) mass is 452 g/mol. The van der Waals surface area contributed by atoms with E-state index >= 15 is 0 Å². The molecule has 4 aromatic rings. The normalized spacial score (nSPS) is 10.8. The fourth-order valence-electron chi connectivity index (χ4n) is 2.93. The minimum Gasteiger partial charge on any atom is -0.487 e. The molecule has 4 N–H and O–H groups in total. The van der Waals surface area contributed by atoms with Crippen molar-refractivity contribution in [2.75, 3.05) is 0 Å². The SMILES string of the molecule is NC(=O)c1ccc(C(=O)NCc2ocnc2Cn2cc(COc3cccc(CO)c3)nn2)o1. The quantitative estimate of drug-likeness (QED) is 0.317. The molecule has 0 unspecified atom stereocenters. The van der Waals surface area contributed by atoms with Crippen molar-refractivity contribution in [3.05, 3.63) is 83.2 Å². The molecule has 0 bridgehead atoms. The van der Waals surface area contributed by atoms with Gasteiger partial charge in [0.15, 0.2) is 17.9 Å². The molecule has 0 aliphatic rings. The summed E-state index contributed by atoms with van der Waals surface area (Å²) in [7, 11) is 0. The second kappa shape index (κ2) is 9.78. The van der Waals surface area contributed by atoms with E-state index in [0.29, 0.717) is 22.9 Å². The summed E-state index contributed by atoms with van der Waals surface area (Å²) in [5.41, 5.74) is 7.03. The van der Waals surface area contributed by atoms with Crippen LogP contribution in [0.4, 0.5) is 0 Å². The molecule has 170 valence electrons. The van der Waals surface area contributed by atoms with Crippen LogP contribution in [0.5, 0.6) is 5.75 Å². The fraction of sp³-hybridized carbons (Fsp3) is 0.190. The summed E-state index contributed by atoms with van der Waals surface area (Å²) < 4.78 is 17.7. The lowest BCUT2D eigenvalue weighted by atomic mass is 10.2. The van der Waals surface area contributed by atoms with Crippen LogP contribution in [-0.4, -0.2) is 36.9 Å². The van der Waals surface area contributed by atoms with Gasteiger partial charge in [0.1, 0.15) is 29.5 Å². The molecule has 0 atom stereocenters. The molecule has 0 fully saturated rings. The van der Waals surface area contributed by atoms with E-state index in [2.05, 4.69) is 20.6 Å². The van der Waals surface area contributed by atoms with Crippen LogP contribution in [0.25, 0.3) is 0 Å². The highest BCUT2D eigenvalue weighted by atomic mass is 16.5. The Morgan fingerprint density at radius 2 is 2.06 bits per heavy atom. The van der Waals surface area contributed by atoms with Crippen molar-refractivity contribution in [1.82, 2.24) is 25.3 Å². The Hall–Kier alpha value is -4.45. The standard InChI is InChI=1S/C21H20N6O6/c22-20(29)17-4-5-18(33-17)21(30)23-7-19-16(24-12-32-19)9-27-8-14(25-26-27)11-31-15-3-1-2-13(6-15)10-28/h1-6,8,12,28H,7,9-11H2,(H2,22,29)(H,23,30). The van der Waals surface area contributed by atoms with E-state index in [1.54, 1.807) is 35.1 Å². The summed E-state index contributed by atoms with van der Waals surface area (Å²) in [6.07, 6.45) is 2.98. The van der Waals surface area contributed by atoms with E-state index < -0.39 is 11.8 Å². The van der Waals surface area contributed by atoms with Crippen molar-refractivity contribution in [2.45, 2.75) is 26.3 Å². The van der Waals surface area contributed by atoms with Gasteiger partial charge in [-0.2, -0.15) is 0 Å². The lowest BCUT2D eigenvalue weighted by Gasteiger charge is -2.05. The number of aromatic nitrogens is 4. The number of benzene rings is 1. The molecular formula is C21H20N6O6. The number of primary amides is 1. The Bertz CT molecular complexity index is 1260. The van der Waals surface area contributed by atoms with Crippen LogP contribution in [0.2, 0.25) is 0 Å². The van der Waals surface area contributed by atoms with Gasteiger partial charge in [0.25, 0.3) is 11.8 Å². The average Bonchev–Trinajstić information content (AvgIpc) is 3.58. The Morgan fingerprint density at radius 1 is 1.21 bits per heavy atom. The summed E-state index contributed by atoms with van der Waals surface area (Å²) >= 11 is 0. The highest BCUT2D eigenvalue weighted by Gasteiger charge is 2.16. The average molecular weight is 452 g/mol. The lowest BCUT2D eigenvalue weighted by molar-refractivity contribution is 0.0911. The van der Waals surface area contributed by atoms with Crippen molar-refractivity contribution in [3.8, 4) is 5.75 Å². The minimum absolute atomic E-state index is 0.0460. The van der Waals surface area contributed by atoms with E-state index in [1.807, 2.05) is 0 Å². The second-order valence-electron chi connectivity index (χ2n) is 6.93. The first kappa shape index (κ1) is 21.8. The van der Waals surface area contributed by atoms with Gasteiger partial charge in [0.05, 0.1) is 25.9 Å². The van der Waals surface area contributed by atoms with Crippen LogP contribution in [0.15, 0.2) is 57.8 Å². The van der Waals surface area contributed by atoms with E-state index in [9.17, 15) is 14.7 Å². The zero-order valence-corrected chi connectivity index (χ0v) is 17.3. The topological polar surface area (TPSA) is 172 Å². The van der Waals surface area contributed by atoms with Gasteiger partial charge >= 0.3 is 0 Å². The predicted molar refractivity (Wildman–Crippen MR) is 111 cm³/mol. The molecule has 0 saturated carbocycles. The highest BCUT2D eigenvalue weighted by Crippen LogP contribution is 2.15. The smallest absolute Gasteiger partial charge is 0.287 e. The molecule has 0 saturated heterocycles. The lowest BCUT2D eigenvalue weighted by Crippen LogP contribution is -2.23. The maximum Gasteiger partial charge on any atom is 0.287 e. The van der Waals surface area contributed by atoms with Crippen LogP contribution >= 0.6 is 0 Å². The maximum atomic E-state index is 12.2. The molecular weight excluding hydrogens is 432 g/mol. The van der Waals surface area contributed by atoms with E-state index in [0.717, 1.165) is 5.56 Å². The van der Waals surface area contributed by atoms with Crippen LogP contribution < -0.4 is 15.8 Å². The molecule has 1 aromatic carbocycles. The van der Waals surface area contributed by atoms with Crippen LogP contribution in [0.1, 0.15) is 43.8 Å². The first-order valence-electron chi connectivity index (χ1n) is 9.82. The number of nitrogens with two attached hydrogens (primary N) is 1. The van der Waals surface area contributed by atoms with E-state index in [-0.39, 0.29) is 37.8 Å². The number of amides is 2. The third-order valence-electron chi connectivity index (χ3n) is 4.57. The van der Waals surface area contributed by atoms with Crippen molar-refractivity contribution < 1.29 is 28.3 Å². The number of furan rings is 1. The highest BCUT2D eigenvalue weighted by molar-refractivity contribution is 5.94. The summed E-state index contributed by atoms with van der Waals surface area (Å²) in [5.74, 6) is -0.398. The first-order valence-corrected chi connectivity index (χ1v) is 9.82. The maximum absolute atomic E-state index is 12.2. The number of carbonyl (C=O) groups is 2. The molecule has 0 aliphatic carbocycles. The van der Waals surface area contributed by atoms with Crippen molar-refractivity contribution in [1.29, 1.82) is 0 Å². The fourth-order valence-corrected chi connectivity index (χ4v) is 2.93. The van der Waals surface area contributed by atoms with Crippen LogP contribution in [0, 0.1) is 0 Å². The zero-order chi connectivity index (χ0) is 23.2. The molecule has 4 rings (SSSR count). The van der Waals surface area contributed by atoms with Gasteiger partial charge < -0.3 is 29.7 Å². The second-order valence-corrected chi connectivity index (χ2v) is 6.93. The number of nitrogens with zero attached hydrogens (tertiary/aromatic N) is 4. The number of carbonyl (C=O) groups excluding carboxylic acids is 2. The Balaban J connectivity index is 1.32. The number of rotatable bonds is 10. The third kappa shape index (κ3) is 5.43. The molecule has 0 aliphatic heterocycles. The molecule has 2 amide bonds. The molecule has 0 radical (unpaired) electrons. The molecule has 12 heteroatoms. The number of aliphatic hydroxyl groups excluding tert-OH is 1. The van der Waals surface area contributed by atoms with E-state index in [4.69, 9.17) is 19.3 Å². The predicted octanol–water partition coefficient (Wildman–Crippen LogP) is 1.01. The Labute approximate surface area is 187 Å². The Kier molecular flexibility index (Phi) is 6.45. The number of nitrogens with one attached hydrogen (secondary N) is 1. The summed E-state index contributed by atoms with van der Waals surface area (Å²) in [6.45, 7) is 0.449. The summed E-state index contributed by atoms with van der Waals surface area (Å²) in [5, 5.41) is 20.0. The van der Waals surface area contributed by atoms with Gasteiger partial charge in [-0.25, -0.2) is 9.67 Å². The number of ether oxygens (including phenoxy) is 1. The number of oxazole rings is 1. The largest absolute Gasteiger partial charge is 0.487 e. The van der Waals surface area contributed by atoms with Gasteiger partial charge in [0.2, 0.25) is 0 Å². The van der Waals surface area contributed by atoms with Gasteiger partial charge in [-0.1, -0.05) is 17.3 Å². The van der Waals surface area contributed by atoms with E-state index in [1.165, 1.54) is 18.5 Å².